The van der Waals surface area contributed by atoms with Crippen LogP contribution in [0.15, 0.2) is 41.6 Å². The van der Waals surface area contributed by atoms with Crippen LogP contribution in [0.2, 0.25) is 0 Å². The number of nitriles is 2. The van der Waals surface area contributed by atoms with Crippen molar-refractivity contribution in [3.05, 3.63) is 52.7 Å². The summed E-state index contributed by atoms with van der Waals surface area (Å²) < 4.78 is 0. The molecule has 5 nitrogen and oxygen atoms in total. The zero-order chi connectivity index (χ0) is 15.1. The molecule has 1 aromatic rings. The number of nitrogen functional groups attached to an aromatic ring is 1. The molecule has 0 heterocycles. The summed E-state index contributed by atoms with van der Waals surface area (Å²) in [6.45, 7) is 0. The Morgan fingerprint density at radius 2 is 1.70 bits per heavy atom. The molecule has 0 saturated heterocycles. The quantitative estimate of drug-likeness (QED) is 0.552. The fourth-order valence-electron chi connectivity index (χ4n) is 2.81. The van der Waals surface area contributed by atoms with Crippen LogP contribution in [-0.4, -0.2) is 5.78 Å². The van der Waals surface area contributed by atoms with E-state index in [0.717, 1.165) is 11.1 Å². The monoisotopic (exact) mass is 346 g/mol. The summed E-state index contributed by atoms with van der Waals surface area (Å²) in [5.74, 6) is -0.985. The second-order valence-corrected chi connectivity index (χ2v) is 4.86. The summed E-state index contributed by atoms with van der Waals surface area (Å²) in [4.78, 5) is 12.4. The summed E-state index contributed by atoms with van der Waals surface area (Å²) in [6, 6.07) is 8.93. The molecular weight excluding hydrogens is 335 g/mol. The highest BCUT2D eigenvalue weighted by Gasteiger charge is 2.40. The molecule has 0 aromatic heterocycles. The fourth-order valence-corrected chi connectivity index (χ4v) is 2.81. The van der Waals surface area contributed by atoms with E-state index in [4.69, 9.17) is 11.5 Å². The van der Waals surface area contributed by atoms with Gasteiger partial charge in [0.05, 0.1) is 11.6 Å². The summed E-state index contributed by atoms with van der Waals surface area (Å²) >= 11 is 0. The number of anilines is 1. The van der Waals surface area contributed by atoms with Gasteiger partial charge in [0.25, 0.3) is 0 Å². The Morgan fingerprint density at radius 1 is 1.04 bits per heavy atom. The van der Waals surface area contributed by atoms with E-state index in [9.17, 15) is 15.3 Å². The number of nitrogens with zero attached hydrogens (tertiary/aromatic N) is 2. The third-order valence-electron chi connectivity index (χ3n) is 3.73. The first-order valence-corrected chi connectivity index (χ1v) is 6.24. The van der Waals surface area contributed by atoms with Gasteiger partial charge in [0, 0.05) is 11.3 Å². The number of halogens is 2. The lowest BCUT2D eigenvalue weighted by Gasteiger charge is -2.17. The van der Waals surface area contributed by atoms with Crippen molar-refractivity contribution < 1.29 is 4.79 Å². The lowest BCUT2D eigenvalue weighted by atomic mass is 9.85. The Hall–Kier alpha value is -2.73. The molecule has 7 heteroatoms. The lowest BCUT2D eigenvalue weighted by molar-refractivity contribution is -0.116. The van der Waals surface area contributed by atoms with Crippen molar-refractivity contribution in [1.29, 1.82) is 10.5 Å². The number of rotatable bonds is 0. The largest absolute Gasteiger partial charge is 0.399 e. The second-order valence-electron chi connectivity index (χ2n) is 4.86. The van der Waals surface area contributed by atoms with Gasteiger partial charge >= 0.3 is 0 Å². The first-order valence-electron chi connectivity index (χ1n) is 6.24. The minimum absolute atomic E-state index is 0. The van der Waals surface area contributed by atoms with Crippen molar-refractivity contribution in [1.82, 2.24) is 0 Å². The number of hydrogen-bond donors (Lipinski definition) is 2. The van der Waals surface area contributed by atoms with Gasteiger partial charge in [-0.3, -0.25) is 4.79 Å². The normalized spacial score (nSPS) is 17.2. The van der Waals surface area contributed by atoms with E-state index in [1.54, 1.807) is 30.4 Å². The minimum atomic E-state index is -0.693. The maximum Gasteiger partial charge on any atom is 0.190 e. The molecule has 0 amide bonds. The van der Waals surface area contributed by atoms with E-state index in [1.165, 1.54) is 0 Å². The molecule has 2 aliphatic carbocycles. The van der Waals surface area contributed by atoms with Crippen molar-refractivity contribution in [3.63, 3.8) is 0 Å². The SMILES string of the molecule is Cl.Cl.N#CC(C#N)=C1c2cc(N)ccc2C2=CC=C(N)C(=O)C21. The highest BCUT2D eigenvalue weighted by molar-refractivity contribution is 6.19. The molecule has 0 saturated carbocycles. The van der Waals surface area contributed by atoms with Crippen LogP contribution in [0.5, 0.6) is 0 Å². The number of ketones is 1. The van der Waals surface area contributed by atoms with E-state index in [0.29, 0.717) is 16.8 Å². The Morgan fingerprint density at radius 3 is 2.30 bits per heavy atom. The summed E-state index contributed by atoms with van der Waals surface area (Å²) in [6.07, 6.45) is 3.31. The summed E-state index contributed by atoms with van der Waals surface area (Å²) in [7, 11) is 0. The molecule has 0 spiro atoms. The van der Waals surface area contributed by atoms with Gasteiger partial charge in [0.15, 0.2) is 5.78 Å². The fraction of sp³-hybridized carbons (Fsp3) is 0.0625. The molecule has 23 heavy (non-hydrogen) atoms. The van der Waals surface area contributed by atoms with Crippen LogP contribution in [0, 0.1) is 28.6 Å². The molecular formula is C16H12Cl2N4O. The Balaban J connectivity index is 0.00000132. The van der Waals surface area contributed by atoms with Gasteiger partial charge in [-0.05, 0) is 34.9 Å². The van der Waals surface area contributed by atoms with Crippen molar-refractivity contribution in [3.8, 4) is 12.1 Å². The highest BCUT2D eigenvalue weighted by atomic mass is 35.5. The summed E-state index contributed by atoms with van der Waals surface area (Å²) in [5.41, 5.74) is 14.7. The van der Waals surface area contributed by atoms with Crippen LogP contribution in [0.1, 0.15) is 11.1 Å². The number of Topliss-reactive ketones (excluding diaryl/α,β-unsaturated/α-hetero) is 1. The molecule has 1 aromatic carbocycles. The van der Waals surface area contributed by atoms with Gasteiger partial charge < -0.3 is 11.5 Å². The molecule has 3 rings (SSSR count). The molecule has 2 aliphatic rings. The molecule has 4 N–H and O–H groups in total. The predicted octanol–water partition coefficient (Wildman–Crippen LogP) is 2.35. The molecule has 1 unspecified atom stereocenters. The van der Waals surface area contributed by atoms with Crippen LogP contribution in [0.4, 0.5) is 5.69 Å². The molecule has 0 radical (unpaired) electrons. The molecule has 0 fully saturated rings. The van der Waals surface area contributed by atoms with Crippen molar-refractivity contribution in [2.75, 3.05) is 5.73 Å². The number of allylic oxidation sites excluding steroid dienone is 6. The van der Waals surface area contributed by atoms with Crippen LogP contribution in [0.25, 0.3) is 11.1 Å². The topological polar surface area (TPSA) is 117 Å². The summed E-state index contributed by atoms with van der Waals surface area (Å²) in [5, 5.41) is 18.4. The Bertz CT molecular complexity index is 853. The van der Waals surface area contributed by atoms with Gasteiger partial charge in [-0.25, -0.2) is 0 Å². The van der Waals surface area contributed by atoms with Crippen molar-refractivity contribution >= 4 is 47.4 Å². The second kappa shape index (κ2) is 6.58. The number of carbonyl (C=O) groups excluding carboxylic acids is 1. The smallest absolute Gasteiger partial charge is 0.190 e. The van der Waals surface area contributed by atoms with Crippen molar-refractivity contribution in [2.45, 2.75) is 0 Å². The third kappa shape index (κ3) is 2.57. The number of nitrogens with two attached hydrogens (primary N) is 2. The van der Waals surface area contributed by atoms with Gasteiger partial charge in [-0.2, -0.15) is 10.5 Å². The number of hydrogen-bond acceptors (Lipinski definition) is 5. The first kappa shape index (κ1) is 18.3. The minimum Gasteiger partial charge on any atom is -0.399 e. The first-order chi connectivity index (χ1) is 10.1. The average Bonchev–Trinajstić information content (AvgIpc) is 2.79. The van der Waals surface area contributed by atoms with Crippen molar-refractivity contribution in [2.24, 2.45) is 11.7 Å². The lowest BCUT2D eigenvalue weighted by Crippen LogP contribution is -2.23. The van der Waals surface area contributed by atoms with E-state index in [2.05, 4.69) is 0 Å². The number of fused-ring (bicyclic) bond motifs is 3. The number of carbonyl (C=O) groups is 1. The molecule has 0 aliphatic heterocycles. The molecule has 116 valence electrons. The predicted molar refractivity (Wildman–Crippen MR) is 92.2 cm³/mol. The van der Waals surface area contributed by atoms with Crippen LogP contribution in [0.3, 0.4) is 0 Å². The standard InChI is InChI=1S/C16H10N4O.2ClH/c17-6-8(7-18)14-12-5-9(19)1-2-10(12)11-3-4-13(20)16(21)15(11)14;;/h1-5,15H,19-20H2;2*1H. The average molecular weight is 347 g/mol. The van der Waals surface area contributed by atoms with Gasteiger partial charge in [-0.1, -0.05) is 12.1 Å². The van der Waals surface area contributed by atoms with E-state index in [-0.39, 0.29) is 41.9 Å². The van der Waals surface area contributed by atoms with E-state index in [1.807, 2.05) is 12.1 Å². The van der Waals surface area contributed by atoms with E-state index < -0.39 is 5.92 Å². The molecule has 0 bridgehead atoms. The van der Waals surface area contributed by atoms with E-state index >= 15 is 0 Å². The third-order valence-corrected chi connectivity index (χ3v) is 3.73. The Labute approximate surface area is 145 Å². The molecule has 1 atom stereocenters. The number of benzene rings is 1. The maximum absolute atomic E-state index is 12.4. The Kier molecular flexibility index (Phi) is 5.24. The van der Waals surface area contributed by atoms with Gasteiger partial charge in [0.2, 0.25) is 0 Å². The van der Waals surface area contributed by atoms with Crippen LogP contribution < -0.4 is 11.5 Å². The van der Waals surface area contributed by atoms with Crippen LogP contribution >= 0.6 is 24.8 Å². The zero-order valence-electron chi connectivity index (χ0n) is 11.7. The van der Waals surface area contributed by atoms with Gasteiger partial charge in [-0.15, -0.1) is 24.8 Å². The maximum atomic E-state index is 12.4. The van der Waals surface area contributed by atoms with Gasteiger partial charge in [0.1, 0.15) is 17.7 Å². The zero-order valence-corrected chi connectivity index (χ0v) is 13.4. The van der Waals surface area contributed by atoms with Crippen LogP contribution in [-0.2, 0) is 4.79 Å². The highest BCUT2D eigenvalue weighted by Crippen LogP contribution is 2.49.